The van der Waals surface area contributed by atoms with E-state index < -0.39 is 21.9 Å². The Morgan fingerprint density at radius 2 is 1.50 bits per heavy atom. The highest BCUT2D eigenvalue weighted by atomic mass is 35.5. The molecule has 0 aliphatic rings. The Morgan fingerprint density at radius 1 is 0.958 bits per heavy atom. The van der Waals surface area contributed by atoms with Gasteiger partial charge in [-0.15, -0.1) is 0 Å². The molecule has 0 heterocycles. The van der Waals surface area contributed by atoms with Crippen LogP contribution in [0, 0.1) is 0 Å². The van der Waals surface area contributed by atoms with Crippen LogP contribution in [0.3, 0.4) is 0 Å². The van der Waals surface area contributed by atoms with Gasteiger partial charge in [0.1, 0.15) is 5.75 Å². The van der Waals surface area contributed by atoms with Crippen molar-refractivity contribution < 1.29 is 22.7 Å². The number of benzene rings is 2. The van der Waals surface area contributed by atoms with Crippen molar-refractivity contribution in [3.8, 4) is 5.75 Å². The second-order valence-electron chi connectivity index (χ2n) is 4.83. The van der Waals surface area contributed by atoms with Gasteiger partial charge in [-0.3, -0.25) is 9.59 Å². The number of carbonyl (C=O) groups is 2. The summed E-state index contributed by atoms with van der Waals surface area (Å²) >= 11 is 5.76. The summed E-state index contributed by atoms with van der Waals surface area (Å²) in [6.07, 6.45) is 0. The highest BCUT2D eigenvalue weighted by Crippen LogP contribution is 2.26. The Labute approximate surface area is 144 Å². The van der Waals surface area contributed by atoms with Gasteiger partial charge in [-0.25, -0.2) is 12.7 Å². The molecule has 126 valence electrons. The van der Waals surface area contributed by atoms with Gasteiger partial charge in [-0.2, -0.15) is 0 Å². The molecule has 0 unspecified atom stereocenters. The molecule has 0 aliphatic heterocycles. The molecule has 0 saturated heterocycles. The van der Waals surface area contributed by atoms with Gasteiger partial charge in [0.05, 0.1) is 10.6 Å². The van der Waals surface area contributed by atoms with E-state index in [2.05, 4.69) is 0 Å². The molecule has 0 spiro atoms. The highest BCUT2D eigenvalue weighted by molar-refractivity contribution is 7.93. The van der Waals surface area contributed by atoms with Gasteiger partial charge in [-0.05, 0) is 48.5 Å². The van der Waals surface area contributed by atoms with E-state index in [4.69, 9.17) is 16.3 Å². The largest absolute Gasteiger partial charge is 0.427 e. The van der Waals surface area contributed by atoms with Gasteiger partial charge in [0.15, 0.2) is 0 Å². The number of amides is 1. The number of halogens is 1. The number of hydrogen-bond donors (Lipinski definition) is 0. The number of hydrogen-bond acceptors (Lipinski definition) is 5. The number of sulfonamides is 1. The fourth-order valence-electron chi connectivity index (χ4n) is 2.02. The summed E-state index contributed by atoms with van der Waals surface area (Å²) in [6.45, 7) is 2.40. The molecule has 6 nitrogen and oxygen atoms in total. The van der Waals surface area contributed by atoms with E-state index in [1.165, 1.54) is 55.5 Å². The lowest BCUT2D eigenvalue weighted by Gasteiger charge is -2.21. The van der Waals surface area contributed by atoms with E-state index in [0.717, 1.165) is 6.92 Å². The average Bonchev–Trinajstić information content (AvgIpc) is 2.48. The maximum atomic E-state index is 12.7. The zero-order chi connectivity index (χ0) is 17.9. The minimum atomic E-state index is -4.09. The van der Waals surface area contributed by atoms with Crippen LogP contribution in [0.25, 0.3) is 0 Å². The lowest BCUT2D eigenvalue weighted by atomic mass is 10.3. The Hall–Kier alpha value is -2.38. The van der Waals surface area contributed by atoms with E-state index in [-0.39, 0.29) is 16.3 Å². The lowest BCUT2D eigenvalue weighted by Crippen LogP contribution is -2.35. The molecule has 2 aromatic rings. The van der Waals surface area contributed by atoms with Crippen molar-refractivity contribution in [3.05, 3.63) is 53.6 Å². The zero-order valence-electron chi connectivity index (χ0n) is 12.9. The monoisotopic (exact) mass is 367 g/mol. The van der Waals surface area contributed by atoms with E-state index in [0.29, 0.717) is 9.33 Å². The molecule has 2 rings (SSSR count). The van der Waals surface area contributed by atoms with Crippen LogP contribution in [0.15, 0.2) is 53.4 Å². The predicted octanol–water partition coefficient (Wildman–Crippen LogP) is 3.01. The topological polar surface area (TPSA) is 80.8 Å². The molecule has 0 N–H and O–H groups in total. The molecule has 0 radical (unpaired) electrons. The number of ether oxygens (including phenoxy) is 1. The van der Waals surface area contributed by atoms with Gasteiger partial charge in [-0.1, -0.05) is 11.6 Å². The van der Waals surface area contributed by atoms with Gasteiger partial charge < -0.3 is 4.74 Å². The maximum Gasteiger partial charge on any atom is 0.308 e. The lowest BCUT2D eigenvalue weighted by molar-refractivity contribution is -0.131. The third-order valence-electron chi connectivity index (χ3n) is 2.97. The maximum absolute atomic E-state index is 12.7. The van der Waals surface area contributed by atoms with Crippen molar-refractivity contribution in [2.45, 2.75) is 18.7 Å². The normalized spacial score (nSPS) is 11.0. The smallest absolute Gasteiger partial charge is 0.308 e. The van der Waals surface area contributed by atoms with E-state index in [1.54, 1.807) is 0 Å². The van der Waals surface area contributed by atoms with Crippen molar-refractivity contribution in [2.24, 2.45) is 0 Å². The van der Waals surface area contributed by atoms with E-state index in [9.17, 15) is 18.0 Å². The Bertz CT molecular complexity index is 860. The zero-order valence-corrected chi connectivity index (χ0v) is 14.5. The van der Waals surface area contributed by atoms with Crippen LogP contribution in [-0.2, 0) is 19.6 Å². The van der Waals surface area contributed by atoms with E-state index in [1.807, 2.05) is 0 Å². The SMILES string of the molecule is CC(=O)Oc1ccc(N(C(C)=O)S(=O)(=O)c2ccc(Cl)cc2)cc1. The van der Waals surface area contributed by atoms with Gasteiger partial charge >= 0.3 is 5.97 Å². The second kappa shape index (κ2) is 7.02. The van der Waals surface area contributed by atoms with Crippen LogP contribution in [0.5, 0.6) is 5.75 Å². The molecular formula is C16H14ClNO5S. The molecule has 0 aromatic heterocycles. The van der Waals surface area contributed by atoms with Crippen LogP contribution in [-0.4, -0.2) is 20.3 Å². The first kappa shape index (κ1) is 18.0. The minimum absolute atomic E-state index is 0.0637. The van der Waals surface area contributed by atoms with Crippen molar-refractivity contribution in [1.82, 2.24) is 0 Å². The summed E-state index contributed by atoms with van der Waals surface area (Å²) < 4.78 is 31.0. The number of nitrogens with zero attached hydrogens (tertiary/aromatic N) is 1. The van der Waals surface area contributed by atoms with Crippen LogP contribution in [0.1, 0.15) is 13.8 Å². The predicted molar refractivity (Wildman–Crippen MR) is 89.5 cm³/mol. The molecule has 2 aromatic carbocycles. The Morgan fingerprint density at radius 3 is 1.96 bits per heavy atom. The summed E-state index contributed by atoms with van der Waals surface area (Å²) in [5.41, 5.74) is 0.133. The Kier molecular flexibility index (Phi) is 5.26. The summed E-state index contributed by atoms with van der Waals surface area (Å²) in [7, 11) is -4.09. The number of esters is 1. The number of rotatable bonds is 4. The summed E-state index contributed by atoms with van der Waals surface area (Å²) in [5.74, 6) is -0.927. The van der Waals surface area contributed by atoms with Crippen molar-refractivity contribution in [3.63, 3.8) is 0 Å². The molecule has 8 heteroatoms. The van der Waals surface area contributed by atoms with E-state index >= 15 is 0 Å². The molecular weight excluding hydrogens is 354 g/mol. The van der Waals surface area contributed by atoms with Crippen molar-refractivity contribution >= 4 is 39.2 Å². The van der Waals surface area contributed by atoms with Gasteiger partial charge in [0.25, 0.3) is 10.0 Å². The fourth-order valence-corrected chi connectivity index (χ4v) is 3.57. The summed E-state index contributed by atoms with van der Waals surface area (Å²) in [4.78, 5) is 22.8. The standard InChI is InChI=1S/C16H14ClNO5S/c1-11(19)18(14-5-7-15(8-6-14)23-12(2)20)24(21,22)16-9-3-13(17)4-10-16/h3-10H,1-2H3. The second-order valence-corrected chi connectivity index (χ2v) is 7.05. The highest BCUT2D eigenvalue weighted by Gasteiger charge is 2.28. The van der Waals surface area contributed by atoms with Gasteiger partial charge in [0, 0.05) is 18.9 Å². The first-order chi connectivity index (χ1) is 11.2. The summed E-state index contributed by atoms with van der Waals surface area (Å²) in [5, 5.41) is 0.383. The average molecular weight is 368 g/mol. The minimum Gasteiger partial charge on any atom is -0.427 e. The third-order valence-corrected chi connectivity index (χ3v) is 5.04. The molecule has 0 saturated carbocycles. The van der Waals surface area contributed by atoms with Crippen molar-refractivity contribution in [1.29, 1.82) is 0 Å². The summed E-state index contributed by atoms with van der Waals surface area (Å²) in [6, 6.07) is 11.1. The van der Waals surface area contributed by atoms with Crippen LogP contribution >= 0.6 is 11.6 Å². The van der Waals surface area contributed by atoms with Crippen LogP contribution in [0.4, 0.5) is 5.69 Å². The fraction of sp³-hybridized carbons (Fsp3) is 0.125. The Balaban J connectivity index is 2.44. The molecule has 24 heavy (non-hydrogen) atoms. The third kappa shape index (κ3) is 3.93. The molecule has 0 fully saturated rings. The molecule has 1 amide bonds. The number of carbonyl (C=O) groups excluding carboxylic acids is 2. The first-order valence-electron chi connectivity index (χ1n) is 6.82. The van der Waals surface area contributed by atoms with Gasteiger partial charge in [0.2, 0.25) is 5.91 Å². The molecule has 0 atom stereocenters. The molecule has 0 aliphatic carbocycles. The molecule has 0 bridgehead atoms. The quantitative estimate of drug-likeness (QED) is 0.613. The number of anilines is 1. The van der Waals surface area contributed by atoms with Crippen LogP contribution in [0.2, 0.25) is 5.02 Å². The van der Waals surface area contributed by atoms with Crippen molar-refractivity contribution in [2.75, 3.05) is 4.31 Å². The van der Waals surface area contributed by atoms with Crippen LogP contribution < -0.4 is 9.04 Å². The first-order valence-corrected chi connectivity index (χ1v) is 8.63.